The van der Waals surface area contributed by atoms with E-state index >= 15 is 0 Å². The van der Waals surface area contributed by atoms with Crippen LogP contribution >= 0.6 is 0 Å². The van der Waals surface area contributed by atoms with Gasteiger partial charge >= 0.3 is 5.85 Å². The van der Waals surface area contributed by atoms with Gasteiger partial charge in [-0.05, 0) is 0 Å². The average molecular weight is 148 g/mol. The van der Waals surface area contributed by atoms with Crippen molar-refractivity contribution in [2.45, 2.75) is 5.85 Å². The summed E-state index contributed by atoms with van der Waals surface area (Å²) in [6.07, 6.45) is 0. The molecule has 0 N–H and O–H groups in total. The number of ether oxygens (including phenoxy) is 1. The number of nitrogens with zero attached hydrogens (tertiary/aromatic N) is 2. The molecule has 1 aromatic rings. The van der Waals surface area contributed by atoms with Gasteiger partial charge in [-0.2, -0.15) is 0 Å². The smallest absolute Gasteiger partial charge is 0.320 e. The van der Waals surface area contributed by atoms with Crippen LogP contribution in [0.1, 0.15) is 5.56 Å². The summed E-state index contributed by atoms with van der Waals surface area (Å²) in [5.74, 6) is -0.665. The van der Waals surface area contributed by atoms with Gasteiger partial charge in [0.05, 0.1) is 0 Å². The second kappa shape index (κ2) is 2.13. The van der Waals surface area contributed by atoms with Gasteiger partial charge in [0, 0.05) is 12.7 Å². The molecule has 0 bridgehead atoms. The van der Waals surface area contributed by atoms with Crippen molar-refractivity contribution in [1.82, 2.24) is 0 Å². The molecule has 11 heavy (non-hydrogen) atoms. The summed E-state index contributed by atoms with van der Waals surface area (Å²) in [5, 5.41) is 7.65. The molecule has 3 nitrogen and oxygen atoms in total. The zero-order chi connectivity index (χ0) is 7.73. The van der Waals surface area contributed by atoms with Crippen LogP contribution in [-0.2, 0) is 10.6 Å². The maximum absolute atomic E-state index is 5.10. The van der Waals surface area contributed by atoms with Gasteiger partial charge in [-0.25, -0.2) is 0 Å². The monoisotopic (exact) mass is 148 g/mol. The van der Waals surface area contributed by atoms with Crippen molar-refractivity contribution in [3.8, 4) is 0 Å². The lowest BCUT2D eigenvalue weighted by Crippen LogP contribution is -2.09. The quantitative estimate of drug-likeness (QED) is 0.630. The molecule has 0 spiro atoms. The second-order valence-corrected chi connectivity index (χ2v) is 2.38. The Hall–Kier alpha value is -1.22. The first-order valence-electron chi connectivity index (χ1n) is 3.42. The van der Waals surface area contributed by atoms with Crippen molar-refractivity contribution in [3.05, 3.63) is 35.9 Å². The van der Waals surface area contributed by atoms with Gasteiger partial charge in [0.1, 0.15) is 0 Å². The van der Waals surface area contributed by atoms with E-state index < -0.39 is 5.85 Å². The Labute approximate surface area is 64.7 Å². The molecule has 1 aliphatic heterocycles. The molecule has 3 heteroatoms. The molecule has 0 unspecified atom stereocenters. The van der Waals surface area contributed by atoms with Crippen molar-refractivity contribution in [2.24, 2.45) is 10.2 Å². The normalized spacial score (nSPS) is 18.3. The highest BCUT2D eigenvalue weighted by atomic mass is 16.5. The number of rotatable bonds is 2. The highest BCUT2D eigenvalue weighted by Gasteiger charge is 2.42. The Kier molecular flexibility index (Phi) is 1.26. The SMILES string of the molecule is COC1(c2ccccc2)N=N1. The minimum atomic E-state index is -0.665. The molecule has 0 aliphatic carbocycles. The lowest BCUT2D eigenvalue weighted by atomic mass is 10.2. The largest absolute Gasteiger partial charge is 0.333 e. The predicted molar refractivity (Wildman–Crippen MR) is 40.0 cm³/mol. The van der Waals surface area contributed by atoms with E-state index in [2.05, 4.69) is 10.2 Å². The fourth-order valence-corrected chi connectivity index (χ4v) is 1.02. The van der Waals surface area contributed by atoms with Crippen molar-refractivity contribution in [3.63, 3.8) is 0 Å². The molecule has 0 saturated carbocycles. The first-order valence-corrected chi connectivity index (χ1v) is 3.42. The summed E-state index contributed by atoms with van der Waals surface area (Å²) < 4.78 is 5.10. The fourth-order valence-electron chi connectivity index (χ4n) is 1.02. The molecular weight excluding hydrogens is 140 g/mol. The lowest BCUT2D eigenvalue weighted by molar-refractivity contribution is 0.0618. The number of hydrogen-bond acceptors (Lipinski definition) is 3. The first-order chi connectivity index (χ1) is 5.37. The van der Waals surface area contributed by atoms with Gasteiger partial charge in [0.2, 0.25) is 0 Å². The predicted octanol–water partition coefficient (Wildman–Crippen LogP) is 1.91. The molecule has 0 atom stereocenters. The van der Waals surface area contributed by atoms with Crippen LogP contribution in [0.4, 0.5) is 0 Å². The molecule has 56 valence electrons. The average Bonchev–Trinajstić information content (AvgIpc) is 2.86. The lowest BCUT2D eigenvalue weighted by Gasteiger charge is -2.06. The van der Waals surface area contributed by atoms with Crippen LogP contribution in [0.5, 0.6) is 0 Å². The van der Waals surface area contributed by atoms with Gasteiger partial charge in [0.25, 0.3) is 0 Å². The molecule has 1 aliphatic rings. The third-order valence-electron chi connectivity index (χ3n) is 1.72. The van der Waals surface area contributed by atoms with Crippen molar-refractivity contribution < 1.29 is 4.74 Å². The van der Waals surface area contributed by atoms with Crippen LogP contribution in [0, 0.1) is 0 Å². The standard InChI is InChI=1S/C8H8N2O/c1-11-8(9-10-8)7-5-3-2-4-6-7/h2-6H,1H3. The van der Waals surface area contributed by atoms with Crippen LogP contribution in [0.25, 0.3) is 0 Å². The van der Waals surface area contributed by atoms with E-state index in [1.165, 1.54) is 0 Å². The van der Waals surface area contributed by atoms with Crippen LogP contribution in [0.3, 0.4) is 0 Å². The summed E-state index contributed by atoms with van der Waals surface area (Å²) in [6.45, 7) is 0. The van der Waals surface area contributed by atoms with Gasteiger partial charge in [-0.1, -0.05) is 30.3 Å². The summed E-state index contributed by atoms with van der Waals surface area (Å²) in [6, 6.07) is 9.74. The Morgan fingerprint density at radius 3 is 2.27 bits per heavy atom. The highest BCUT2D eigenvalue weighted by Crippen LogP contribution is 2.39. The molecule has 0 aromatic heterocycles. The Morgan fingerprint density at radius 1 is 1.18 bits per heavy atom. The summed E-state index contributed by atoms with van der Waals surface area (Å²) in [5.41, 5.74) is 0.988. The molecule has 0 amide bonds. The Morgan fingerprint density at radius 2 is 1.82 bits per heavy atom. The third kappa shape index (κ3) is 0.935. The van der Waals surface area contributed by atoms with E-state index in [1.54, 1.807) is 7.11 Å². The molecule has 0 radical (unpaired) electrons. The fraction of sp³-hybridized carbons (Fsp3) is 0.250. The Bertz CT molecular complexity index is 275. The number of methoxy groups -OCH3 is 1. The van der Waals surface area contributed by atoms with E-state index in [0.29, 0.717) is 0 Å². The van der Waals surface area contributed by atoms with Gasteiger partial charge < -0.3 is 4.74 Å². The number of hydrogen-bond donors (Lipinski definition) is 0. The van der Waals surface area contributed by atoms with Gasteiger partial charge in [0.15, 0.2) is 0 Å². The van der Waals surface area contributed by atoms with E-state index in [1.807, 2.05) is 30.3 Å². The van der Waals surface area contributed by atoms with Crippen molar-refractivity contribution in [2.75, 3.05) is 7.11 Å². The summed E-state index contributed by atoms with van der Waals surface area (Å²) in [4.78, 5) is 0. The van der Waals surface area contributed by atoms with Gasteiger partial charge in [-0.15, -0.1) is 10.2 Å². The Balaban J connectivity index is 2.30. The first kappa shape index (κ1) is 6.49. The van der Waals surface area contributed by atoms with Crippen LogP contribution < -0.4 is 0 Å². The summed E-state index contributed by atoms with van der Waals surface area (Å²) in [7, 11) is 1.60. The van der Waals surface area contributed by atoms with E-state index in [4.69, 9.17) is 4.74 Å². The zero-order valence-electron chi connectivity index (χ0n) is 6.19. The van der Waals surface area contributed by atoms with Crippen LogP contribution in [0.15, 0.2) is 40.6 Å². The molecule has 2 rings (SSSR count). The molecule has 1 heterocycles. The third-order valence-corrected chi connectivity index (χ3v) is 1.72. The maximum Gasteiger partial charge on any atom is 0.320 e. The van der Waals surface area contributed by atoms with E-state index in [9.17, 15) is 0 Å². The van der Waals surface area contributed by atoms with Crippen molar-refractivity contribution in [1.29, 1.82) is 0 Å². The van der Waals surface area contributed by atoms with Crippen LogP contribution in [-0.4, -0.2) is 7.11 Å². The van der Waals surface area contributed by atoms with E-state index in [-0.39, 0.29) is 0 Å². The molecule has 0 saturated heterocycles. The highest BCUT2D eigenvalue weighted by molar-refractivity contribution is 5.23. The molecular formula is C8H8N2O. The van der Waals surface area contributed by atoms with E-state index in [0.717, 1.165) is 5.56 Å². The minimum absolute atomic E-state index is 0.665. The zero-order valence-corrected chi connectivity index (χ0v) is 6.19. The second-order valence-electron chi connectivity index (χ2n) is 2.38. The van der Waals surface area contributed by atoms with Gasteiger partial charge in [-0.3, -0.25) is 0 Å². The minimum Gasteiger partial charge on any atom is -0.333 e. The maximum atomic E-state index is 5.10. The number of benzene rings is 1. The molecule has 0 fully saturated rings. The molecule has 1 aromatic carbocycles. The topological polar surface area (TPSA) is 34.0 Å². The van der Waals surface area contributed by atoms with Crippen molar-refractivity contribution >= 4 is 0 Å². The summed E-state index contributed by atoms with van der Waals surface area (Å²) >= 11 is 0. The van der Waals surface area contributed by atoms with Crippen LogP contribution in [0.2, 0.25) is 0 Å².